The number of aromatic nitrogens is 4. The summed E-state index contributed by atoms with van der Waals surface area (Å²) >= 11 is 3.48. The average Bonchev–Trinajstić information content (AvgIpc) is 2.97. The van der Waals surface area contributed by atoms with Gasteiger partial charge in [0.15, 0.2) is 0 Å². The van der Waals surface area contributed by atoms with Gasteiger partial charge in [-0.3, -0.25) is 0 Å². The number of tetrazole rings is 1. The third-order valence-electron chi connectivity index (χ3n) is 3.12. The average molecular weight is 345 g/mol. The minimum Gasteiger partial charge on any atom is -0.389 e. The van der Waals surface area contributed by atoms with E-state index < -0.39 is 6.10 Å². The van der Waals surface area contributed by atoms with Crippen molar-refractivity contribution in [3.8, 4) is 17.1 Å². The van der Waals surface area contributed by atoms with Crippen molar-refractivity contribution in [2.24, 2.45) is 0 Å². The minimum absolute atomic E-state index is 0.515. The zero-order valence-electron chi connectivity index (χ0n) is 11.3. The predicted octanol–water partition coefficient (Wildman–Crippen LogP) is 3.15. The second kappa shape index (κ2) is 5.75. The van der Waals surface area contributed by atoms with E-state index in [1.165, 1.54) is 4.80 Å². The van der Waals surface area contributed by atoms with Crippen LogP contribution >= 0.6 is 15.9 Å². The summed E-state index contributed by atoms with van der Waals surface area (Å²) in [4.78, 5) is 1.47. The molecule has 0 radical (unpaired) electrons. The second-order valence-corrected chi connectivity index (χ2v) is 5.51. The Labute approximate surface area is 130 Å². The van der Waals surface area contributed by atoms with Crippen molar-refractivity contribution < 1.29 is 5.11 Å². The molecule has 0 spiro atoms. The van der Waals surface area contributed by atoms with Crippen molar-refractivity contribution in [1.82, 2.24) is 20.2 Å². The highest BCUT2D eigenvalue weighted by Gasteiger charge is 2.11. The van der Waals surface area contributed by atoms with Crippen molar-refractivity contribution in [1.29, 1.82) is 0 Å². The van der Waals surface area contributed by atoms with Crippen LogP contribution < -0.4 is 0 Å². The summed E-state index contributed by atoms with van der Waals surface area (Å²) in [5.41, 5.74) is 2.52. The van der Waals surface area contributed by atoms with Gasteiger partial charge in [-0.15, -0.1) is 15.0 Å². The highest BCUT2D eigenvalue weighted by molar-refractivity contribution is 9.10. The van der Waals surface area contributed by atoms with Crippen LogP contribution in [0.25, 0.3) is 17.1 Å². The number of hydrogen-bond donors (Lipinski definition) is 1. The monoisotopic (exact) mass is 344 g/mol. The lowest BCUT2D eigenvalue weighted by molar-refractivity contribution is 0.199. The van der Waals surface area contributed by atoms with Crippen LogP contribution in [0.3, 0.4) is 0 Å². The zero-order valence-corrected chi connectivity index (χ0v) is 12.9. The summed E-state index contributed by atoms with van der Waals surface area (Å²) in [5, 5.41) is 22.1. The molecule has 106 valence electrons. The number of halogens is 1. The van der Waals surface area contributed by atoms with Gasteiger partial charge in [0.1, 0.15) is 5.69 Å². The number of nitrogens with zero attached hydrogens (tertiary/aromatic N) is 4. The van der Waals surface area contributed by atoms with Gasteiger partial charge in [-0.2, -0.15) is 0 Å². The number of hydrogen-bond acceptors (Lipinski definition) is 4. The highest BCUT2D eigenvalue weighted by atomic mass is 79.9. The maximum absolute atomic E-state index is 9.59. The van der Waals surface area contributed by atoms with Gasteiger partial charge in [0.25, 0.3) is 0 Å². The fraction of sp³-hybridized carbons (Fsp3) is 0.133. The fourth-order valence-electron chi connectivity index (χ4n) is 1.96. The molecule has 6 heteroatoms. The molecule has 0 bridgehead atoms. The summed E-state index contributed by atoms with van der Waals surface area (Å²) in [5.74, 6) is 0.571. The number of benzene rings is 2. The van der Waals surface area contributed by atoms with Crippen LogP contribution in [0.4, 0.5) is 0 Å². The normalized spacial score (nSPS) is 12.3. The summed E-state index contributed by atoms with van der Waals surface area (Å²) in [6.45, 7) is 1.72. The number of aliphatic hydroxyl groups is 1. The Morgan fingerprint density at radius 2 is 1.90 bits per heavy atom. The summed E-state index contributed by atoms with van der Waals surface area (Å²) in [6.07, 6.45) is -0.515. The molecule has 0 aliphatic carbocycles. The molecule has 1 unspecified atom stereocenters. The van der Waals surface area contributed by atoms with E-state index in [-0.39, 0.29) is 0 Å². The summed E-state index contributed by atoms with van der Waals surface area (Å²) in [6, 6.07) is 15.2. The highest BCUT2D eigenvalue weighted by Crippen LogP contribution is 2.25. The molecular formula is C15H13BrN4O. The van der Waals surface area contributed by atoms with Gasteiger partial charge in [0, 0.05) is 10.0 Å². The lowest BCUT2D eigenvalue weighted by Crippen LogP contribution is -2.01. The van der Waals surface area contributed by atoms with Crippen LogP contribution in [0.15, 0.2) is 53.0 Å². The SMILES string of the molecule is CC(O)c1ccc(-n2nnc(-c3ccccc3)n2)c(Br)c1. The van der Waals surface area contributed by atoms with Crippen LogP contribution in [0.1, 0.15) is 18.6 Å². The minimum atomic E-state index is -0.515. The molecule has 0 saturated heterocycles. The maximum atomic E-state index is 9.59. The fourth-order valence-corrected chi connectivity index (χ4v) is 2.52. The largest absolute Gasteiger partial charge is 0.389 e. The second-order valence-electron chi connectivity index (χ2n) is 4.66. The smallest absolute Gasteiger partial charge is 0.205 e. The Morgan fingerprint density at radius 3 is 2.57 bits per heavy atom. The topological polar surface area (TPSA) is 63.8 Å². The van der Waals surface area contributed by atoms with Gasteiger partial charge in [-0.05, 0) is 45.8 Å². The van der Waals surface area contributed by atoms with E-state index in [2.05, 4.69) is 31.3 Å². The molecule has 1 aromatic heterocycles. The molecule has 0 aliphatic heterocycles. The van der Waals surface area contributed by atoms with Gasteiger partial charge >= 0.3 is 0 Å². The Balaban J connectivity index is 1.97. The maximum Gasteiger partial charge on any atom is 0.205 e. The van der Waals surface area contributed by atoms with Crippen molar-refractivity contribution in [2.75, 3.05) is 0 Å². The zero-order chi connectivity index (χ0) is 14.8. The molecule has 1 heterocycles. The molecule has 21 heavy (non-hydrogen) atoms. The Hall–Kier alpha value is -2.05. The first kappa shape index (κ1) is 13.9. The van der Waals surface area contributed by atoms with E-state index in [9.17, 15) is 5.11 Å². The van der Waals surface area contributed by atoms with E-state index in [4.69, 9.17) is 0 Å². The van der Waals surface area contributed by atoms with Crippen LogP contribution in [0, 0.1) is 0 Å². The van der Waals surface area contributed by atoms with Crippen LogP contribution in [-0.4, -0.2) is 25.3 Å². The van der Waals surface area contributed by atoms with Crippen molar-refractivity contribution >= 4 is 15.9 Å². The Kier molecular flexibility index (Phi) is 3.81. The van der Waals surface area contributed by atoms with E-state index in [1.54, 1.807) is 6.92 Å². The molecule has 0 amide bonds. The molecule has 3 rings (SSSR count). The molecule has 1 N–H and O–H groups in total. The van der Waals surface area contributed by atoms with Gasteiger partial charge in [-0.1, -0.05) is 36.4 Å². The Bertz CT molecular complexity index is 755. The summed E-state index contributed by atoms with van der Waals surface area (Å²) < 4.78 is 0.804. The first-order valence-corrected chi connectivity index (χ1v) is 7.28. The van der Waals surface area contributed by atoms with E-state index in [1.807, 2.05) is 48.5 Å². The molecule has 0 aliphatic rings. The van der Waals surface area contributed by atoms with Crippen molar-refractivity contribution in [3.63, 3.8) is 0 Å². The van der Waals surface area contributed by atoms with Crippen LogP contribution in [0.5, 0.6) is 0 Å². The van der Waals surface area contributed by atoms with Crippen molar-refractivity contribution in [3.05, 3.63) is 58.6 Å². The molecule has 0 fully saturated rings. The number of aliphatic hydroxyl groups excluding tert-OH is 1. The lowest BCUT2D eigenvalue weighted by atomic mass is 10.1. The molecule has 1 atom stereocenters. The Morgan fingerprint density at radius 1 is 1.14 bits per heavy atom. The van der Waals surface area contributed by atoms with E-state index >= 15 is 0 Å². The van der Waals surface area contributed by atoms with Gasteiger partial charge in [-0.25, -0.2) is 0 Å². The lowest BCUT2D eigenvalue weighted by Gasteiger charge is -2.07. The van der Waals surface area contributed by atoms with Crippen LogP contribution in [0.2, 0.25) is 0 Å². The van der Waals surface area contributed by atoms with Crippen LogP contribution in [-0.2, 0) is 0 Å². The van der Waals surface area contributed by atoms with Gasteiger partial charge in [0.2, 0.25) is 5.82 Å². The third-order valence-corrected chi connectivity index (χ3v) is 3.75. The molecular weight excluding hydrogens is 332 g/mol. The first-order valence-electron chi connectivity index (χ1n) is 6.48. The number of rotatable bonds is 3. The quantitative estimate of drug-likeness (QED) is 0.792. The predicted molar refractivity (Wildman–Crippen MR) is 82.9 cm³/mol. The first-order chi connectivity index (χ1) is 10.1. The van der Waals surface area contributed by atoms with Gasteiger partial charge < -0.3 is 5.11 Å². The van der Waals surface area contributed by atoms with Crippen molar-refractivity contribution in [2.45, 2.75) is 13.0 Å². The van der Waals surface area contributed by atoms with E-state index in [0.717, 1.165) is 21.3 Å². The molecule has 2 aromatic carbocycles. The summed E-state index contributed by atoms with van der Waals surface area (Å²) in [7, 11) is 0. The van der Waals surface area contributed by atoms with E-state index in [0.29, 0.717) is 5.82 Å². The van der Waals surface area contributed by atoms with Gasteiger partial charge in [0.05, 0.1) is 6.10 Å². The molecule has 5 nitrogen and oxygen atoms in total. The standard InChI is InChI=1S/C15H13BrN4O/c1-10(21)12-7-8-14(13(16)9-12)20-18-15(17-19-20)11-5-3-2-4-6-11/h2-10,21H,1H3. The third kappa shape index (κ3) is 2.86. The molecule has 3 aromatic rings. The molecule has 0 saturated carbocycles.